The summed E-state index contributed by atoms with van der Waals surface area (Å²) in [6, 6.07) is 21.5. The molecule has 37 heavy (non-hydrogen) atoms. The van der Waals surface area contributed by atoms with Crippen molar-refractivity contribution in [3.05, 3.63) is 94.9 Å². The van der Waals surface area contributed by atoms with Gasteiger partial charge >= 0.3 is 5.97 Å². The Balaban J connectivity index is 1.22. The second-order valence-corrected chi connectivity index (χ2v) is 9.53. The van der Waals surface area contributed by atoms with E-state index in [0.29, 0.717) is 24.5 Å². The second kappa shape index (κ2) is 10.4. The van der Waals surface area contributed by atoms with Crippen LogP contribution in [0.3, 0.4) is 0 Å². The van der Waals surface area contributed by atoms with Crippen molar-refractivity contribution in [1.82, 2.24) is 4.98 Å². The molecule has 0 saturated heterocycles. The fourth-order valence-corrected chi connectivity index (χ4v) is 4.97. The normalized spacial score (nSPS) is 14.4. The SMILES string of the molecule is CC(=O)c1cccc(-c2ccc(-c3nc(CCOc4ccc5c(c4)CC[C@H]5CC(=O)O)c(C)o3)cc2)c1. The number of carboxylic acid groups (broad SMARTS) is 1. The highest BCUT2D eigenvalue weighted by Gasteiger charge is 2.25. The predicted octanol–water partition coefficient (Wildman–Crippen LogP) is 6.65. The Hall–Kier alpha value is -4.19. The molecule has 0 spiro atoms. The number of ether oxygens (including phenoxy) is 1. The maximum Gasteiger partial charge on any atom is 0.303 e. The Morgan fingerprint density at radius 2 is 1.81 bits per heavy atom. The zero-order chi connectivity index (χ0) is 25.9. The quantitative estimate of drug-likeness (QED) is 0.262. The number of hydrogen-bond donors (Lipinski definition) is 1. The van der Waals surface area contributed by atoms with Crippen LogP contribution in [0.25, 0.3) is 22.6 Å². The highest BCUT2D eigenvalue weighted by molar-refractivity contribution is 5.95. The van der Waals surface area contributed by atoms with Crippen molar-refractivity contribution in [2.75, 3.05) is 6.61 Å². The van der Waals surface area contributed by atoms with E-state index in [9.17, 15) is 9.59 Å². The lowest BCUT2D eigenvalue weighted by Crippen LogP contribution is -2.04. The largest absolute Gasteiger partial charge is 0.493 e. The van der Waals surface area contributed by atoms with Gasteiger partial charge in [0.05, 0.1) is 18.7 Å². The average Bonchev–Trinajstić information content (AvgIpc) is 3.46. The molecule has 0 saturated carbocycles. The Bertz CT molecular complexity index is 1450. The first kappa shape index (κ1) is 24.5. The Labute approximate surface area is 215 Å². The summed E-state index contributed by atoms with van der Waals surface area (Å²) in [5.74, 6) is 1.51. The van der Waals surface area contributed by atoms with Crippen molar-refractivity contribution in [1.29, 1.82) is 0 Å². The number of rotatable bonds is 9. The highest BCUT2D eigenvalue weighted by Crippen LogP contribution is 2.37. The molecular formula is C31H29NO5. The summed E-state index contributed by atoms with van der Waals surface area (Å²) in [7, 11) is 0. The van der Waals surface area contributed by atoms with Crippen molar-refractivity contribution in [2.45, 2.75) is 45.4 Å². The fraction of sp³-hybridized carbons (Fsp3) is 0.258. The molecule has 1 aromatic heterocycles. The van der Waals surface area contributed by atoms with E-state index in [4.69, 9.17) is 19.2 Å². The number of ketones is 1. The first-order valence-electron chi connectivity index (χ1n) is 12.5. The van der Waals surface area contributed by atoms with Gasteiger partial charge in [-0.25, -0.2) is 4.98 Å². The molecule has 0 bridgehead atoms. The molecule has 188 valence electrons. The van der Waals surface area contributed by atoms with E-state index in [-0.39, 0.29) is 18.1 Å². The van der Waals surface area contributed by atoms with Crippen molar-refractivity contribution in [3.63, 3.8) is 0 Å². The van der Waals surface area contributed by atoms with Gasteiger partial charge in [0.1, 0.15) is 11.5 Å². The summed E-state index contributed by atoms with van der Waals surface area (Å²) in [5.41, 5.74) is 6.76. The third-order valence-electron chi connectivity index (χ3n) is 6.97. The van der Waals surface area contributed by atoms with Crippen LogP contribution in [-0.4, -0.2) is 28.4 Å². The van der Waals surface area contributed by atoms with E-state index in [1.165, 1.54) is 5.56 Å². The van der Waals surface area contributed by atoms with Crippen LogP contribution in [0.2, 0.25) is 0 Å². The van der Waals surface area contributed by atoms with Gasteiger partial charge in [0, 0.05) is 17.5 Å². The van der Waals surface area contributed by atoms with Crippen molar-refractivity contribution >= 4 is 11.8 Å². The van der Waals surface area contributed by atoms with E-state index in [1.807, 2.05) is 73.7 Å². The molecular weight excluding hydrogens is 466 g/mol. The average molecular weight is 496 g/mol. The van der Waals surface area contributed by atoms with E-state index in [1.54, 1.807) is 6.92 Å². The number of benzene rings is 3. The van der Waals surface area contributed by atoms with Crippen LogP contribution in [0.5, 0.6) is 5.75 Å². The lowest BCUT2D eigenvalue weighted by Gasteiger charge is -2.10. The Morgan fingerprint density at radius 3 is 2.57 bits per heavy atom. The van der Waals surface area contributed by atoms with E-state index >= 15 is 0 Å². The maximum atomic E-state index is 11.7. The fourth-order valence-electron chi connectivity index (χ4n) is 4.97. The molecule has 5 rings (SSSR count). The summed E-state index contributed by atoms with van der Waals surface area (Å²) >= 11 is 0. The van der Waals surface area contributed by atoms with Gasteiger partial charge in [-0.05, 0) is 85.2 Å². The standard InChI is InChI=1S/C31H29NO5/c1-19(33)23-4-3-5-24(16-23)21-6-8-22(9-7-21)31-32-29(20(2)37-31)14-15-36-27-12-13-28-25(17-27)10-11-26(28)18-30(34)35/h3-9,12-13,16-17,26H,10-11,14-15,18H2,1-2H3,(H,34,35)/t26-/m0/s1. The van der Waals surface area contributed by atoms with E-state index in [2.05, 4.69) is 0 Å². The zero-order valence-corrected chi connectivity index (χ0v) is 21.0. The zero-order valence-electron chi connectivity index (χ0n) is 21.0. The molecule has 1 aliphatic rings. The van der Waals surface area contributed by atoms with Gasteiger partial charge in [-0.1, -0.05) is 36.4 Å². The number of fused-ring (bicyclic) bond motifs is 1. The number of Topliss-reactive ketones (excluding diaryl/α,β-unsaturated/α-hetero) is 1. The third-order valence-corrected chi connectivity index (χ3v) is 6.97. The molecule has 0 aliphatic heterocycles. The molecule has 6 nitrogen and oxygen atoms in total. The number of nitrogens with zero attached hydrogens (tertiary/aromatic N) is 1. The highest BCUT2D eigenvalue weighted by atomic mass is 16.5. The van der Waals surface area contributed by atoms with Crippen molar-refractivity contribution in [3.8, 4) is 28.3 Å². The summed E-state index contributed by atoms with van der Waals surface area (Å²) < 4.78 is 11.9. The summed E-state index contributed by atoms with van der Waals surface area (Å²) in [5, 5.41) is 9.11. The van der Waals surface area contributed by atoms with Crippen LogP contribution in [0.15, 0.2) is 71.1 Å². The van der Waals surface area contributed by atoms with Gasteiger partial charge in [0.2, 0.25) is 5.89 Å². The number of carbonyl (C=O) groups excluding carboxylic acids is 1. The Morgan fingerprint density at radius 1 is 1.03 bits per heavy atom. The molecule has 3 aromatic carbocycles. The molecule has 0 fully saturated rings. The number of carboxylic acids is 1. The minimum absolute atomic E-state index is 0.0470. The molecule has 1 aliphatic carbocycles. The predicted molar refractivity (Wildman–Crippen MR) is 141 cm³/mol. The first-order chi connectivity index (χ1) is 17.9. The molecule has 0 amide bonds. The molecule has 1 N–H and O–H groups in total. The number of aromatic nitrogens is 1. The molecule has 0 radical (unpaired) electrons. The van der Waals surface area contributed by atoms with Crippen LogP contribution in [0, 0.1) is 6.92 Å². The number of aliphatic carboxylic acids is 1. The topological polar surface area (TPSA) is 89.6 Å². The summed E-state index contributed by atoms with van der Waals surface area (Å²) in [6.45, 7) is 3.95. The van der Waals surface area contributed by atoms with Gasteiger partial charge in [0.25, 0.3) is 0 Å². The minimum Gasteiger partial charge on any atom is -0.493 e. The smallest absolute Gasteiger partial charge is 0.303 e. The Kier molecular flexibility index (Phi) is 6.91. The summed E-state index contributed by atoms with van der Waals surface area (Å²) in [6.07, 6.45) is 2.55. The van der Waals surface area contributed by atoms with Crippen molar-refractivity contribution in [2.24, 2.45) is 0 Å². The van der Waals surface area contributed by atoms with E-state index < -0.39 is 5.97 Å². The second-order valence-electron chi connectivity index (χ2n) is 9.53. The molecule has 4 aromatic rings. The van der Waals surface area contributed by atoms with Crippen LogP contribution >= 0.6 is 0 Å². The van der Waals surface area contributed by atoms with Gasteiger partial charge in [-0.15, -0.1) is 0 Å². The third kappa shape index (κ3) is 5.48. The van der Waals surface area contributed by atoms with Crippen LogP contribution in [0.4, 0.5) is 0 Å². The first-order valence-corrected chi connectivity index (χ1v) is 12.5. The minimum atomic E-state index is -0.754. The number of hydrogen-bond acceptors (Lipinski definition) is 5. The molecule has 1 heterocycles. The number of aryl methyl sites for hydroxylation is 2. The summed E-state index contributed by atoms with van der Waals surface area (Å²) in [4.78, 5) is 27.5. The maximum absolute atomic E-state index is 11.7. The lowest BCUT2D eigenvalue weighted by atomic mass is 9.98. The van der Waals surface area contributed by atoms with Crippen molar-refractivity contribution < 1.29 is 23.8 Å². The van der Waals surface area contributed by atoms with Gasteiger partial charge in [0.15, 0.2) is 5.78 Å². The number of carbonyl (C=O) groups is 2. The van der Waals surface area contributed by atoms with Crippen LogP contribution < -0.4 is 4.74 Å². The van der Waals surface area contributed by atoms with Crippen LogP contribution in [0.1, 0.15) is 58.6 Å². The van der Waals surface area contributed by atoms with E-state index in [0.717, 1.165) is 52.3 Å². The molecule has 0 unspecified atom stereocenters. The lowest BCUT2D eigenvalue weighted by molar-refractivity contribution is -0.137. The monoisotopic (exact) mass is 495 g/mol. The molecule has 6 heteroatoms. The van der Waals surface area contributed by atoms with Gasteiger partial charge < -0.3 is 14.3 Å². The molecule has 1 atom stereocenters. The number of oxazole rings is 1. The van der Waals surface area contributed by atoms with Crippen LogP contribution in [-0.2, 0) is 17.6 Å². The van der Waals surface area contributed by atoms with Gasteiger partial charge in [-0.2, -0.15) is 0 Å². The van der Waals surface area contributed by atoms with Gasteiger partial charge in [-0.3, -0.25) is 9.59 Å².